The lowest BCUT2D eigenvalue weighted by atomic mass is 9.96. The lowest BCUT2D eigenvalue weighted by Crippen LogP contribution is -2.51. The van der Waals surface area contributed by atoms with Crippen LogP contribution in [0.2, 0.25) is 0 Å². The van der Waals surface area contributed by atoms with Crippen LogP contribution in [0.4, 0.5) is 5.69 Å². The normalized spacial score (nSPS) is 13.0. The van der Waals surface area contributed by atoms with Crippen LogP contribution in [0.15, 0.2) is 24.3 Å². The van der Waals surface area contributed by atoms with Gasteiger partial charge in [-0.3, -0.25) is 14.9 Å². The number of hydrogen-bond acceptors (Lipinski definition) is 4. The van der Waals surface area contributed by atoms with Gasteiger partial charge in [0.1, 0.15) is 11.6 Å². The molecule has 3 N–H and O–H groups in total. The highest BCUT2D eigenvalue weighted by Crippen LogP contribution is 2.14. The lowest BCUT2D eigenvalue weighted by molar-refractivity contribution is -0.144. The van der Waals surface area contributed by atoms with Gasteiger partial charge < -0.3 is 10.4 Å². The van der Waals surface area contributed by atoms with E-state index in [9.17, 15) is 14.7 Å². The minimum atomic E-state index is -1.14. The second kappa shape index (κ2) is 7.41. The number of rotatable bonds is 7. The SMILES string of the molecule is CCCC(C)(NCC(=O)Nc1ccccc1C#N)C(=O)O. The summed E-state index contributed by atoms with van der Waals surface area (Å²) in [5, 5.41) is 23.5. The average Bonchev–Trinajstić information content (AvgIpc) is 2.46. The Kier molecular flexibility index (Phi) is 5.88. The number of carboxylic acids is 1. The molecule has 0 aliphatic carbocycles. The number of hydrogen-bond donors (Lipinski definition) is 3. The Bertz CT molecular complexity index is 566. The zero-order chi connectivity index (χ0) is 15.9. The third kappa shape index (κ3) is 4.58. The smallest absolute Gasteiger partial charge is 0.323 e. The molecular formula is C15H19N3O3. The molecular weight excluding hydrogens is 270 g/mol. The summed E-state index contributed by atoms with van der Waals surface area (Å²) in [7, 11) is 0. The van der Waals surface area contributed by atoms with Gasteiger partial charge in [0.05, 0.1) is 17.8 Å². The number of nitriles is 1. The number of benzene rings is 1. The lowest BCUT2D eigenvalue weighted by Gasteiger charge is -2.25. The Morgan fingerprint density at radius 2 is 2.05 bits per heavy atom. The van der Waals surface area contributed by atoms with Crippen LogP contribution in [-0.4, -0.2) is 29.1 Å². The van der Waals surface area contributed by atoms with E-state index in [1.165, 1.54) is 0 Å². The second-order valence-corrected chi connectivity index (χ2v) is 4.95. The molecule has 0 spiro atoms. The molecule has 0 heterocycles. The first kappa shape index (κ1) is 16.7. The number of carboxylic acid groups (broad SMARTS) is 1. The largest absolute Gasteiger partial charge is 0.480 e. The van der Waals surface area contributed by atoms with Crippen molar-refractivity contribution in [3.8, 4) is 6.07 Å². The Morgan fingerprint density at radius 3 is 2.62 bits per heavy atom. The molecule has 0 saturated carbocycles. The van der Waals surface area contributed by atoms with Crippen LogP contribution in [0.25, 0.3) is 0 Å². The predicted octanol–water partition coefficient (Wildman–Crippen LogP) is 1.73. The minimum Gasteiger partial charge on any atom is -0.480 e. The number of anilines is 1. The molecule has 0 fully saturated rings. The number of amides is 1. The molecule has 0 aliphatic heterocycles. The highest BCUT2D eigenvalue weighted by atomic mass is 16.4. The molecule has 112 valence electrons. The fourth-order valence-corrected chi connectivity index (χ4v) is 1.93. The first-order valence-electron chi connectivity index (χ1n) is 6.70. The standard InChI is InChI=1S/C15H19N3O3/c1-3-8-15(2,14(20)21)17-10-13(19)18-12-7-5-4-6-11(12)9-16/h4-7,17H,3,8,10H2,1-2H3,(H,18,19)(H,20,21). The molecule has 0 aliphatic rings. The maximum atomic E-state index is 11.9. The first-order valence-corrected chi connectivity index (χ1v) is 6.70. The zero-order valence-electron chi connectivity index (χ0n) is 12.1. The maximum absolute atomic E-state index is 11.9. The predicted molar refractivity (Wildman–Crippen MR) is 78.7 cm³/mol. The highest BCUT2D eigenvalue weighted by molar-refractivity contribution is 5.94. The second-order valence-electron chi connectivity index (χ2n) is 4.95. The van der Waals surface area contributed by atoms with E-state index in [-0.39, 0.29) is 12.5 Å². The van der Waals surface area contributed by atoms with Crippen molar-refractivity contribution in [2.24, 2.45) is 0 Å². The van der Waals surface area contributed by atoms with E-state index in [4.69, 9.17) is 5.26 Å². The molecule has 0 radical (unpaired) electrons. The van der Waals surface area contributed by atoms with Gasteiger partial charge in [0.2, 0.25) is 5.91 Å². The van der Waals surface area contributed by atoms with Crippen LogP contribution in [0.5, 0.6) is 0 Å². The fourth-order valence-electron chi connectivity index (χ4n) is 1.93. The Balaban J connectivity index is 2.66. The van der Waals surface area contributed by atoms with Gasteiger partial charge in [-0.25, -0.2) is 0 Å². The van der Waals surface area contributed by atoms with Crippen LogP contribution in [0, 0.1) is 11.3 Å². The summed E-state index contributed by atoms with van der Waals surface area (Å²) in [6.07, 6.45) is 1.11. The molecule has 0 bridgehead atoms. The topological polar surface area (TPSA) is 102 Å². The van der Waals surface area contributed by atoms with Gasteiger partial charge in [0.15, 0.2) is 0 Å². The summed E-state index contributed by atoms with van der Waals surface area (Å²) >= 11 is 0. The molecule has 21 heavy (non-hydrogen) atoms. The van der Waals surface area contributed by atoms with Crippen molar-refractivity contribution < 1.29 is 14.7 Å². The third-order valence-electron chi connectivity index (χ3n) is 3.18. The summed E-state index contributed by atoms with van der Waals surface area (Å²) in [5.41, 5.74) is -0.361. The van der Waals surface area contributed by atoms with Gasteiger partial charge in [-0.05, 0) is 25.5 Å². The van der Waals surface area contributed by atoms with Crippen molar-refractivity contribution >= 4 is 17.6 Å². The van der Waals surface area contributed by atoms with Gasteiger partial charge in [-0.15, -0.1) is 0 Å². The number of carbonyl (C=O) groups is 2. The van der Waals surface area contributed by atoms with Crippen molar-refractivity contribution in [2.75, 3.05) is 11.9 Å². The number of nitrogens with one attached hydrogen (secondary N) is 2. The monoisotopic (exact) mass is 289 g/mol. The number of carbonyl (C=O) groups excluding carboxylic acids is 1. The summed E-state index contributed by atoms with van der Waals surface area (Å²) in [4.78, 5) is 23.1. The van der Waals surface area contributed by atoms with Crippen molar-refractivity contribution in [3.05, 3.63) is 29.8 Å². The fraction of sp³-hybridized carbons (Fsp3) is 0.400. The van der Waals surface area contributed by atoms with Gasteiger partial charge in [-0.2, -0.15) is 5.26 Å². The molecule has 1 unspecified atom stereocenters. The van der Waals surface area contributed by atoms with E-state index in [0.717, 1.165) is 0 Å². The molecule has 1 amide bonds. The van der Waals surface area contributed by atoms with Crippen LogP contribution in [0.1, 0.15) is 32.3 Å². The van der Waals surface area contributed by atoms with E-state index >= 15 is 0 Å². The van der Waals surface area contributed by atoms with Crippen LogP contribution >= 0.6 is 0 Å². The van der Waals surface area contributed by atoms with Gasteiger partial charge in [-0.1, -0.05) is 25.5 Å². The van der Waals surface area contributed by atoms with Crippen LogP contribution in [-0.2, 0) is 9.59 Å². The van der Waals surface area contributed by atoms with Crippen molar-refractivity contribution in [1.82, 2.24) is 5.32 Å². The van der Waals surface area contributed by atoms with Gasteiger partial charge >= 0.3 is 5.97 Å². The minimum absolute atomic E-state index is 0.136. The van der Waals surface area contributed by atoms with Gasteiger partial charge in [0, 0.05) is 0 Å². The summed E-state index contributed by atoms with van der Waals surface area (Å²) in [6, 6.07) is 8.62. The highest BCUT2D eigenvalue weighted by Gasteiger charge is 2.31. The van der Waals surface area contributed by atoms with E-state index in [2.05, 4.69) is 10.6 Å². The summed E-state index contributed by atoms with van der Waals surface area (Å²) in [6.45, 7) is 3.30. The molecule has 1 rings (SSSR count). The van der Waals surface area contributed by atoms with Crippen LogP contribution in [0.3, 0.4) is 0 Å². The van der Waals surface area contributed by atoms with E-state index in [1.54, 1.807) is 31.2 Å². The molecule has 6 heteroatoms. The number of aliphatic carboxylic acids is 1. The molecule has 6 nitrogen and oxygen atoms in total. The zero-order valence-corrected chi connectivity index (χ0v) is 12.1. The molecule has 1 aromatic rings. The Labute approximate surface area is 123 Å². The van der Waals surface area contributed by atoms with Crippen molar-refractivity contribution in [2.45, 2.75) is 32.2 Å². The third-order valence-corrected chi connectivity index (χ3v) is 3.18. The van der Waals surface area contributed by atoms with Gasteiger partial charge in [0.25, 0.3) is 0 Å². The van der Waals surface area contributed by atoms with Crippen LogP contribution < -0.4 is 10.6 Å². The quantitative estimate of drug-likeness (QED) is 0.709. The molecule has 1 aromatic carbocycles. The van der Waals surface area contributed by atoms with E-state index < -0.39 is 11.5 Å². The first-order chi connectivity index (χ1) is 9.92. The molecule has 0 aromatic heterocycles. The summed E-state index contributed by atoms with van der Waals surface area (Å²) < 4.78 is 0. The Morgan fingerprint density at radius 1 is 1.38 bits per heavy atom. The molecule has 1 atom stereocenters. The van der Waals surface area contributed by atoms with Crippen molar-refractivity contribution in [1.29, 1.82) is 5.26 Å². The molecule has 0 saturated heterocycles. The van der Waals surface area contributed by atoms with E-state index in [0.29, 0.717) is 24.1 Å². The maximum Gasteiger partial charge on any atom is 0.323 e. The van der Waals surface area contributed by atoms with E-state index in [1.807, 2.05) is 13.0 Å². The average molecular weight is 289 g/mol. The summed E-state index contributed by atoms with van der Waals surface area (Å²) in [5.74, 6) is -1.38. The number of para-hydroxylation sites is 1. The van der Waals surface area contributed by atoms with Crippen molar-refractivity contribution in [3.63, 3.8) is 0 Å². The number of nitrogens with zero attached hydrogens (tertiary/aromatic N) is 1. The Hall–Kier alpha value is -2.39.